The van der Waals surface area contributed by atoms with Crippen LogP contribution in [0.1, 0.15) is 44.6 Å². The number of ether oxygens (including phenoxy) is 1. The molecule has 5 heterocycles. The number of anilines is 2. The Morgan fingerprint density at radius 3 is 2.07 bits per heavy atom. The quantitative estimate of drug-likeness (QED) is 0.247. The highest BCUT2D eigenvalue weighted by molar-refractivity contribution is 7.90. The van der Waals surface area contributed by atoms with Crippen LogP contribution in [-0.2, 0) is 16.4 Å². The number of aliphatic imine (C=N–C) groups is 1. The summed E-state index contributed by atoms with van der Waals surface area (Å²) in [6, 6.07) is 4.00. The second-order valence-corrected chi connectivity index (χ2v) is 14.6. The lowest BCUT2D eigenvalue weighted by atomic mass is 10.1. The number of benzene rings is 1. The van der Waals surface area contributed by atoms with Crippen molar-refractivity contribution in [3.05, 3.63) is 45.9 Å². The SMILES string of the molecule is CC(C)Oc1cc2c(cc1Nc1ncnc3sc(C(=O)N(C)C)nc13)C=NC2.CN(C)C(=O)c1nc2c(S(C)(=O)=O)ncnc2s1. The van der Waals surface area contributed by atoms with Gasteiger partial charge in [0.1, 0.15) is 39.1 Å². The molecule has 1 N–H and O–H groups in total. The normalized spacial score (nSPS) is 12.2. The van der Waals surface area contributed by atoms with E-state index in [1.807, 2.05) is 32.2 Å². The molecule has 0 bridgehead atoms. The van der Waals surface area contributed by atoms with Crippen molar-refractivity contribution in [2.75, 3.05) is 39.8 Å². The molecule has 15 nitrogen and oxygen atoms in total. The van der Waals surface area contributed by atoms with Gasteiger partial charge in [0.2, 0.25) is 0 Å². The van der Waals surface area contributed by atoms with Crippen molar-refractivity contribution < 1.29 is 22.7 Å². The zero-order valence-electron chi connectivity index (χ0n) is 26.0. The van der Waals surface area contributed by atoms with Gasteiger partial charge in [-0.15, -0.1) is 0 Å². The van der Waals surface area contributed by atoms with E-state index in [9.17, 15) is 18.0 Å². The van der Waals surface area contributed by atoms with Crippen LogP contribution in [0.3, 0.4) is 0 Å². The van der Waals surface area contributed by atoms with E-state index in [0.29, 0.717) is 32.5 Å². The predicted octanol–water partition coefficient (Wildman–Crippen LogP) is 3.44. The number of rotatable bonds is 7. The highest BCUT2D eigenvalue weighted by atomic mass is 32.2. The van der Waals surface area contributed by atoms with Gasteiger partial charge in [-0.1, -0.05) is 22.7 Å². The lowest BCUT2D eigenvalue weighted by Crippen LogP contribution is -2.21. The number of nitrogens with one attached hydrogen (secondary N) is 1. The van der Waals surface area contributed by atoms with Gasteiger partial charge in [-0.2, -0.15) is 0 Å². The molecule has 46 heavy (non-hydrogen) atoms. The van der Waals surface area contributed by atoms with Crippen molar-refractivity contribution in [1.29, 1.82) is 0 Å². The molecular weight excluding hydrogens is 653 g/mol. The molecule has 0 radical (unpaired) electrons. The van der Waals surface area contributed by atoms with Crippen molar-refractivity contribution in [2.45, 2.75) is 31.5 Å². The van der Waals surface area contributed by atoms with Crippen LogP contribution in [0.2, 0.25) is 0 Å². The van der Waals surface area contributed by atoms with Crippen LogP contribution in [0.15, 0.2) is 34.8 Å². The first-order valence-corrected chi connectivity index (χ1v) is 17.2. The number of thiazole rings is 2. The summed E-state index contributed by atoms with van der Waals surface area (Å²) < 4.78 is 29.1. The molecule has 1 aliphatic heterocycles. The van der Waals surface area contributed by atoms with Crippen LogP contribution in [-0.4, -0.2) is 107 Å². The van der Waals surface area contributed by atoms with Gasteiger partial charge in [-0.25, -0.2) is 38.3 Å². The Balaban J connectivity index is 0.000000200. The molecule has 0 atom stereocenters. The highest BCUT2D eigenvalue weighted by Gasteiger charge is 2.22. The molecule has 0 unspecified atom stereocenters. The van der Waals surface area contributed by atoms with Crippen LogP contribution in [0.25, 0.3) is 20.7 Å². The molecule has 0 saturated carbocycles. The van der Waals surface area contributed by atoms with Crippen molar-refractivity contribution in [3.8, 4) is 5.75 Å². The summed E-state index contributed by atoms with van der Waals surface area (Å²) in [5.74, 6) is 0.803. The van der Waals surface area contributed by atoms with E-state index in [-0.39, 0.29) is 33.5 Å². The standard InChI is InChI=1S/C19H20N6O2S.C9H10N4O3S2/c1-10(2)27-14-6-12-8-20-7-11(12)5-13(14)23-16-15-17(22-9-21-16)28-18(24-15)19(26)25(3)4;1-13(2)9(14)7-12-5-6(17-7)10-4-11-8(5)18(3,15)16/h5-7,9-10H,8H2,1-4H3,(H,21,22,23);4H,1-3H3. The zero-order valence-corrected chi connectivity index (χ0v) is 28.4. The minimum Gasteiger partial charge on any atom is -0.489 e. The Labute approximate surface area is 272 Å². The maximum atomic E-state index is 12.3. The molecule has 240 valence electrons. The third-order valence-corrected chi connectivity index (χ3v) is 9.14. The van der Waals surface area contributed by atoms with Crippen molar-refractivity contribution in [1.82, 2.24) is 39.7 Å². The fourth-order valence-electron chi connectivity index (χ4n) is 4.13. The smallest absolute Gasteiger partial charge is 0.282 e. The molecule has 0 saturated heterocycles. The first-order chi connectivity index (χ1) is 21.7. The van der Waals surface area contributed by atoms with Crippen LogP contribution in [0, 0.1) is 0 Å². The van der Waals surface area contributed by atoms with E-state index in [2.05, 4.69) is 40.2 Å². The number of fused-ring (bicyclic) bond motifs is 3. The first kappa shape index (κ1) is 32.7. The Morgan fingerprint density at radius 2 is 1.48 bits per heavy atom. The Hall–Kier alpha value is -4.68. The van der Waals surface area contributed by atoms with Crippen LogP contribution in [0.4, 0.5) is 11.5 Å². The number of carbonyl (C=O) groups is 2. The number of hydrogen-bond acceptors (Lipinski definition) is 15. The second kappa shape index (κ2) is 13.0. The first-order valence-electron chi connectivity index (χ1n) is 13.7. The molecule has 1 aromatic carbocycles. The minimum absolute atomic E-state index is 0.0231. The summed E-state index contributed by atoms with van der Waals surface area (Å²) in [5.41, 5.74) is 3.65. The van der Waals surface area contributed by atoms with E-state index < -0.39 is 9.84 Å². The maximum absolute atomic E-state index is 12.3. The molecule has 0 aliphatic carbocycles. The summed E-state index contributed by atoms with van der Waals surface area (Å²) in [5, 5.41) is 3.74. The summed E-state index contributed by atoms with van der Waals surface area (Å²) in [4.78, 5) is 57.0. The predicted molar refractivity (Wildman–Crippen MR) is 176 cm³/mol. The fourth-order valence-corrected chi connectivity index (χ4v) is 6.79. The number of carbonyl (C=O) groups excluding carboxylic acids is 2. The minimum atomic E-state index is -3.49. The summed E-state index contributed by atoms with van der Waals surface area (Å²) in [7, 11) is 3.09. The summed E-state index contributed by atoms with van der Waals surface area (Å²) in [6.07, 6.45) is 5.54. The van der Waals surface area contributed by atoms with Gasteiger partial charge in [0.05, 0.1) is 18.3 Å². The Kier molecular flexibility index (Phi) is 9.22. The maximum Gasteiger partial charge on any atom is 0.282 e. The average Bonchev–Trinajstić information content (AvgIpc) is 3.74. The van der Waals surface area contributed by atoms with Gasteiger partial charge in [-0.05, 0) is 37.1 Å². The van der Waals surface area contributed by atoms with E-state index in [1.54, 1.807) is 28.2 Å². The number of aromatic nitrogens is 6. The van der Waals surface area contributed by atoms with Crippen molar-refractivity contribution in [2.24, 2.45) is 4.99 Å². The highest BCUT2D eigenvalue weighted by Crippen LogP contribution is 2.35. The van der Waals surface area contributed by atoms with Gasteiger partial charge in [0.15, 0.2) is 30.7 Å². The molecule has 2 amide bonds. The van der Waals surface area contributed by atoms with Gasteiger partial charge in [0.25, 0.3) is 11.8 Å². The topological polar surface area (TPSA) is 186 Å². The van der Waals surface area contributed by atoms with Gasteiger partial charge < -0.3 is 19.9 Å². The number of sulfone groups is 1. The molecule has 0 spiro atoms. The monoisotopic (exact) mass is 682 g/mol. The largest absolute Gasteiger partial charge is 0.489 e. The van der Waals surface area contributed by atoms with E-state index >= 15 is 0 Å². The number of hydrogen-bond donors (Lipinski definition) is 1. The third-order valence-electron chi connectivity index (χ3n) is 6.24. The molecule has 5 aromatic rings. The molecule has 6 rings (SSSR count). The van der Waals surface area contributed by atoms with E-state index in [1.165, 1.54) is 27.5 Å². The second-order valence-electron chi connectivity index (χ2n) is 10.7. The van der Waals surface area contributed by atoms with Crippen LogP contribution in [0.5, 0.6) is 5.75 Å². The third kappa shape index (κ3) is 6.92. The lowest BCUT2D eigenvalue weighted by molar-refractivity contribution is 0.0820. The molecule has 4 aromatic heterocycles. The number of nitrogens with zero attached hydrogens (tertiary/aromatic N) is 9. The number of amides is 2. The molecule has 0 fully saturated rings. The van der Waals surface area contributed by atoms with Gasteiger partial charge in [-0.3, -0.25) is 14.6 Å². The Morgan fingerprint density at radius 1 is 0.891 bits per heavy atom. The average molecular weight is 683 g/mol. The van der Waals surface area contributed by atoms with E-state index in [0.717, 1.165) is 46.5 Å². The van der Waals surface area contributed by atoms with Gasteiger partial charge in [0, 0.05) is 40.7 Å². The molecular formula is C28H30N10O5S3. The van der Waals surface area contributed by atoms with Crippen LogP contribution >= 0.6 is 22.7 Å². The zero-order chi connectivity index (χ0) is 33.3. The summed E-state index contributed by atoms with van der Waals surface area (Å²) >= 11 is 2.29. The lowest BCUT2D eigenvalue weighted by Gasteiger charge is -2.17. The van der Waals surface area contributed by atoms with Crippen LogP contribution < -0.4 is 10.1 Å². The molecule has 18 heteroatoms. The van der Waals surface area contributed by atoms with Crippen molar-refractivity contribution in [3.63, 3.8) is 0 Å². The van der Waals surface area contributed by atoms with E-state index in [4.69, 9.17) is 4.74 Å². The fraction of sp³-hybridized carbons (Fsp3) is 0.321. The van der Waals surface area contributed by atoms with Gasteiger partial charge >= 0.3 is 0 Å². The van der Waals surface area contributed by atoms with Crippen molar-refractivity contribution >= 4 is 82.7 Å². The molecule has 1 aliphatic rings. The summed E-state index contributed by atoms with van der Waals surface area (Å²) in [6.45, 7) is 4.62. The Bertz CT molecular complexity index is 2110.